The highest BCUT2D eigenvalue weighted by atomic mass is 32.2. The van der Waals surface area contributed by atoms with Crippen LogP contribution in [0.4, 0.5) is 0 Å². The molecular formula is C12H17NO2S. The van der Waals surface area contributed by atoms with Gasteiger partial charge in [-0.3, -0.25) is 4.79 Å². The van der Waals surface area contributed by atoms with Crippen LogP contribution in [0.1, 0.15) is 12.5 Å². The maximum Gasteiger partial charge on any atom is 0.321 e. The number of nitrogens with one attached hydrogen (secondary N) is 1. The van der Waals surface area contributed by atoms with E-state index in [1.807, 2.05) is 32.0 Å². The van der Waals surface area contributed by atoms with Gasteiger partial charge in [0.2, 0.25) is 0 Å². The van der Waals surface area contributed by atoms with Crippen LogP contribution in [0.15, 0.2) is 29.2 Å². The number of likely N-dealkylation sites (N-methyl/N-ethyl adjacent to an activating group) is 1. The lowest BCUT2D eigenvalue weighted by atomic mass is 10.2. The van der Waals surface area contributed by atoms with Crippen LogP contribution >= 0.6 is 11.8 Å². The number of benzene rings is 1. The Morgan fingerprint density at radius 3 is 2.88 bits per heavy atom. The molecule has 0 fully saturated rings. The summed E-state index contributed by atoms with van der Waals surface area (Å²) in [5, 5.41) is 11.9. The van der Waals surface area contributed by atoms with Gasteiger partial charge in [-0.15, -0.1) is 11.8 Å². The third kappa shape index (κ3) is 4.24. The van der Waals surface area contributed by atoms with E-state index in [2.05, 4.69) is 11.4 Å². The van der Waals surface area contributed by atoms with Gasteiger partial charge in [-0.25, -0.2) is 0 Å². The molecule has 0 aliphatic carbocycles. The Morgan fingerprint density at radius 2 is 2.31 bits per heavy atom. The highest BCUT2D eigenvalue weighted by Crippen LogP contribution is 2.19. The predicted octanol–water partition coefficient (Wildman–Crippen LogP) is 2.15. The molecule has 0 aliphatic heterocycles. The normalized spacial score (nSPS) is 12.4. The van der Waals surface area contributed by atoms with Gasteiger partial charge in [-0.1, -0.05) is 24.6 Å². The highest BCUT2D eigenvalue weighted by molar-refractivity contribution is 7.99. The Kier molecular flexibility index (Phi) is 5.35. The van der Waals surface area contributed by atoms with Crippen molar-refractivity contribution in [2.75, 3.05) is 12.3 Å². The predicted molar refractivity (Wildman–Crippen MR) is 67.0 cm³/mol. The molecule has 1 aromatic rings. The van der Waals surface area contributed by atoms with Crippen molar-refractivity contribution in [3.8, 4) is 0 Å². The number of carboxylic acid groups (broad SMARTS) is 1. The zero-order valence-corrected chi connectivity index (χ0v) is 10.4. The molecular weight excluding hydrogens is 222 g/mol. The Balaban J connectivity index is 2.51. The third-order valence-corrected chi connectivity index (χ3v) is 3.24. The molecule has 1 atom stereocenters. The summed E-state index contributed by atoms with van der Waals surface area (Å²) in [7, 11) is 0. The van der Waals surface area contributed by atoms with E-state index in [9.17, 15) is 4.79 Å². The van der Waals surface area contributed by atoms with Crippen molar-refractivity contribution in [2.45, 2.75) is 24.8 Å². The number of hydrogen-bond donors (Lipinski definition) is 2. The third-order valence-electron chi connectivity index (χ3n) is 2.15. The number of rotatable bonds is 6. The minimum atomic E-state index is -0.790. The molecule has 0 saturated carbocycles. The SMILES string of the molecule is CCNC(CSc1cccc(C)c1)C(=O)O. The lowest BCUT2D eigenvalue weighted by Gasteiger charge is -2.12. The van der Waals surface area contributed by atoms with Gasteiger partial charge in [0.05, 0.1) is 0 Å². The average Bonchev–Trinajstić information content (AvgIpc) is 2.24. The van der Waals surface area contributed by atoms with Crippen LogP contribution in [0.25, 0.3) is 0 Å². The second-order valence-corrected chi connectivity index (χ2v) is 4.67. The zero-order chi connectivity index (χ0) is 12.0. The Labute approximate surface area is 100 Å². The molecule has 0 radical (unpaired) electrons. The maximum absolute atomic E-state index is 10.9. The molecule has 1 rings (SSSR count). The largest absolute Gasteiger partial charge is 0.480 e. The molecule has 2 N–H and O–H groups in total. The number of thioether (sulfide) groups is 1. The molecule has 16 heavy (non-hydrogen) atoms. The van der Waals surface area contributed by atoms with Crippen LogP contribution < -0.4 is 5.32 Å². The topological polar surface area (TPSA) is 49.3 Å². The van der Waals surface area contributed by atoms with E-state index in [0.717, 1.165) is 4.90 Å². The quantitative estimate of drug-likeness (QED) is 0.747. The summed E-state index contributed by atoms with van der Waals surface area (Å²) in [5.74, 6) is -0.242. The lowest BCUT2D eigenvalue weighted by molar-refractivity contribution is -0.138. The Hall–Kier alpha value is -1.00. The summed E-state index contributed by atoms with van der Waals surface area (Å²) in [6.07, 6.45) is 0. The Morgan fingerprint density at radius 1 is 1.56 bits per heavy atom. The fourth-order valence-electron chi connectivity index (χ4n) is 1.35. The molecule has 0 aromatic heterocycles. The van der Waals surface area contributed by atoms with Gasteiger partial charge in [0, 0.05) is 10.6 Å². The van der Waals surface area contributed by atoms with E-state index >= 15 is 0 Å². The van der Waals surface area contributed by atoms with Gasteiger partial charge >= 0.3 is 5.97 Å². The zero-order valence-electron chi connectivity index (χ0n) is 9.56. The molecule has 0 heterocycles. The minimum absolute atomic E-state index is 0.476. The molecule has 1 unspecified atom stereocenters. The monoisotopic (exact) mass is 239 g/mol. The van der Waals surface area contributed by atoms with Crippen molar-refractivity contribution >= 4 is 17.7 Å². The van der Waals surface area contributed by atoms with E-state index in [4.69, 9.17) is 5.11 Å². The van der Waals surface area contributed by atoms with Gasteiger partial charge < -0.3 is 10.4 Å². The van der Waals surface area contributed by atoms with Gasteiger partial charge in [-0.05, 0) is 25.6 Å². The first-order valence-electron chi connectivity index (χ1n) is 5.29. The average molecular weight is 239 g/mol. The summed E-state index contributed by atoms with van der Waals surface area (Å²) in [4.78, 5) is 12.0. The summed E-state index contributed by atoms with van der Waals surface area (Å²) in [6.45, 7) is 4.61. The second-order valence-electron chi connectivity index (χ2n) is 3.58. The Bertz CT molecular complexity index is 355. The van der Waals surface area contributed by atoms with Crippen molar-refractivity contribution in [3.05, 3.63) is 29.8 Å². The molecule has 4 heteroatoms. The number of aryl methyl sites for hydroxylation is 1. The van der Waals surface area contributed by atoms with Crippen molar-refractivity contribution in [2.24, 2.45) is 0 Å². The van der Waals surface area contributed by atoms with Crippen LogP contribution in [0.5, 0.6) is 0 Å². The van der Waals surface area contributed by atoms with Gasteiger partial charge in [0.25, 0.3) is 0 Å². The van der Waals surface area contributed by atoms with E-state index in [1.54, 1.807) is 11.8 Å². The number of aliphatic carboxylic acids is 1. The molecule has 1 aromatic carbocycles. The molecule has 0 spiro atoms. The lowest BCUT2D eigenvalue weighted by Crippen LogP contribution is -2.38. The van der Waals surface area contributed by atoms with Crippen LogP contribution in [0, 0.1) is 6.92 Å². The van der Waals surface area contributed by atoms with E-state index < -0.39 is 12.0 Å². The van der Waals surface area contributed by atoms with Crippen molar-refractivity contribution in [1.29, 1.82) is 0 Å². The smallest absolute Gasteiger partial charge is 0.321 e. The van der Waals surface area contributed by atoms with Crippen molar-refractivity contribution < 1.29 is 9.90 Å². The molecule has 0 bridgehead atoms. The molecule has 0 saturated heterocycles. The standard InChI is InChI=1S/C12H17NO2S/c1-3-13-11(12(14)15)8-16-10-6-4-5-9(2)7-10/h4-7,11,13H,3,8H2,1-2H3,(H,14,15). The number of hydrogen-bond acceptors (Lipinski definition) is 3. The maximum atomic E-state index is 10.9. The first-order valence-corrected chi connectivity index (χ1v) is 6.27. The molecule has 0 amide bonds. The van der Waals surface area contributed by atoms with E-state index in [0.29, 0.717) is 12.3 Å². The number of carbonyl (C=O) groups is 1. The fourth-order valence-corrected chi connectivity index (χ4v) is 2.41. The van der Waals surface area contributed by atoms with Gasteiger partial charge in [0.1, 0.15) is 6.04 Å². The second kappa shape index (κ2) is 6.55. The number of carboxylic acids is 1. The fraction of sp³-hybridized carbons (Fsp3) is 0.417. The molecule has 88 valence electrons. The minimum Gasteiger partial charge on any atom is -0.480 e. The summed E-state index contributed by atoms with van der Waals surface area (Å²) in [5.41, 5.74) is 1.19. The van der Waals surface area contributed by atoms with E-state index in [1.165, 1.54) is 5.56 Å². The van der Waals surface area contributed by atoms with Crippen LogP contribution in [-0.4, -0.2) is 29.4 Å². The van der Waals surface area contributed by atoms with Gasteiger partial charge in [-0.2, -0.15) is 0 Å². The van der Waals surface area contributed by atoms with Crippen LogP contribution in [-0.2, 0) is 4.79 Å². The first-order chi connectivity index (χ1) is 7.63. The summed E-state index contributed by atoms with van der Waals surface area (Å²) >= 11 is 1.57. The first kappa shape index (κ1) is 13.1. The highest BCUT2D eigenvalue weighted by Gasteiger charge is 2.15. The van der Waals surface area contributed by atoms with Crippen molar-refractivity contribution in [1.82, 2.24) is 5.32 Å². The van der Waals surface area contributed by atoms with Crippen LogP contribution in [0.3, 0.4) is 0 Å². The molecule has 3 nitrogen and oxygen atoms in total. The molecule has 0 aliphatic rings. The van der Waals surface area contributed by atoms with Gasteiger partial charge in [0.15, 0.2) is 0 Å². The van der Waals surface area contributed by atoms with Crippen molar-refractivity contribution in [3.63, 3.8) is 0 Å². The van der Waals surface area contributed by atoms with E-state index in [-0.39, 0.29) is 0 Å². The summed E-state index contributed by atoms with van der Waals surface area (Å²) in [6, 6.07) is 7.61. The summed E-state index contributed by atoms with van der Waals surface area (Å²) < 4.78 is 0. The van der Waals surface area contributed by atoms with Crippen LogP contribution in [0.2, 0.25) is 0 Å².